The molecule has 1 saturated heterocycles. The molecule has 1 amide bonds. The van der Waals surface area contributed by atoms with Gasteiger partial charge in [0.15, 0.2) is 0 Å². The van der Waals surface area contributed by atoms with E-state index in [0.717, 1.165) is 26.2 Å². The van der Waals surface area contributed by atoms with E-state index in [1.165, 1.54) is 44.2 Å². The van der Waals surface area contributed by atoms with Gasteiger partial charge in [-0.1, -0.05) is 25.3 Å². The van der Waals surface area contributed by atoms with E-state index in [9.17, 15) is 9.18 Å². The van der Waals surface area contributed by atoms with Gasteiger partial charge >= 0.3 is 11.9 Å². The van der Waals surface area contributed by atoms with Crippen LogP contribution in [-0.2, 0) is 9.59 Å². The molecule has 2 aliphatic rings. The number of hydrogen-bond acceptors (Lipinski definition) is 4. The number of benzene rings is 1. The number of carboxylic acids is 2. The number of rotatable bonds is 2. The molecule has 0 bridgehead atoms. The molecule has 0 spiro atoms. The van der Waals surface area contributed by atoms with E-state index in [1.807, 2.05) is 4.90 Å². The van der Waals surface area contributed by atoms with Gasteiger partial charge in [0.1, 0.15) is 5.82 Å². The Morgan fingerprint density at radius 1 is 0.926 bits per heavy atom. The van der Waals surface area contributed by atoms with Gasteiger partial charge in [0.2, 0.25) is 0 Å². The number of nitrogens with zero attached hydrogens (tertiary/aromatic N) is 2. The zero-order valence-electron chi connectivity index (χ0n) is 15.1. The second-order valence-electron chi connectivity index (χ2n) is 6.74. The fourth-order valence-corrected chi connectivity index (χ4v) is 3.54. The van der Waals surface area contributed by atoms with Crippen LogP contribution in [0.4, 0.5) is 4.39 Å². The Kier molecular flexibility index (Phi) is 7.72. The average Bonchev–Trinajstić information content (AvgIpc) is 2.68. The highest BCUT2D eigenvalue weighted by Crippen LogP contribution is 2.23. The third-order valence-corrected chi connectivity index (χ3v) is 4.95. The maximum Gasteiger partial charge on any atom is 0.414 e. The molecule has 1 aliphatic carbocycles. The summed E-state index contributed by atoms with van der Waals surface area (Å²) in [5, 5.41) is 14.8. The molecule has 0 atom stereocenters. The Morgan fingerprint density at radius 3 is 2.04 bits per heavy atom. The first kappa shape index (κ1) is 20.8. The molecule has 0 unspecified atom stereocenters. The monoisotopic (exact) mass is 380 g/mol. The van der Waals surface area contributed by atoms with Gasteiger partial charge in [-0.2, -0.15) is 0 Å². The van der Waals surface area contributed by atoms with Crippen molar-refractivity contribution in [2.45, 2.75) is 38.1 Å². The maximum absolute atomic E-state index is 13.2. The summed E-state index contributed by atoms with van der Waals surface area (Å²) in [5.41, 5.74) is 0.459. The van der Waals surface area contributed by atoms with Crippen LogP contribution in [0.1, 0.15) is 42.5 Å². The van der Waals surface area contributed by atoms with Crippen LogP contribution in [0.2, 0.25) is 0 Å². The lowest BCUT2D eigenvalue weighted by atomic mass is 9.94. The molecule has 1 aliphatic heterocycles. The first-order chi connectivity index (χ1) is 12.9. The Labute approximate surface area is 157 Å². The summed E-state index contributed by atoms with van der Waals surface area (Å²) in [6, 6.07) is 6.71. The van der Waals surface area contributed by atoms with Gasteiger partial charge in [-0.05, 0) is 31.0 Å². The molecule has 1 saturated carbocycles. The van der Waals surface area contributed by atoms with Gasteiger partial charge in [-0.3, -0.25) is 9.69 Å². The maximum atomic E-state index is 13.2. The predicted octanol–water partition coefficient (Wildman–Crippen LogP) is 2.07. The molecule has 7 nitrogen and oxygen atoms in total. The zero-order valence-corrected chi connectivity index (χ0v) is 15.1. The molecule has 1 heterocycles. The molecule has 0 aromatic heterocycles. The Balaban J connectivity index is 0.000000380. The molecule has 8 heteroatoms. The average molecular weight is 380 g/mol. The van der Waals surface area contributed by atoms with E-state index in [-0.39, 0.29) is 11.7 Å². The van der Waals surface area contributed by atoms with Crippen LogP contribution < -0.4 is 0 Å². The highest BCUT2D eigenvalue weighted by molar-refractivity contribution is 6.27. The summed E-state index contributed by atoms with van der Waals surface area (Å²) in [6.45, 7) is 3.41. The second kappa shape index (κ2) is 10.0. The minimum absolute atomic E-state index is 0.0437. The van der Waals surface area contributed by atoms with Crippen molar-refractivity contribution in [2.24, 2.45) is 0 Å². The van der Waals surface area contributed by atoms with Crippen LogP contribution >= 0.6 is 0 Å². The Hall–Kier alpha value is -2.48. The quantitative estimate of drug-likeness (QED) is 0.763. The lowest BCUT2D eigenvalue weighted by Crippen LogP contribution is -2.52. The summed E-state index contributed by atoms with van der Waals surface area (Å²) in [4.78, 5) is 35.0. The molecule has 27 heavy (non-hydrogen) atoms. The highest BCUT2D eigenvalue weighted by atomic mass is 19.1. The SMILES string of the molecule is O=C(O)C(=O)O.O=C(c1cccc(F)c1)N1CCN(C2CCCCC2)CC1. The number of amides is 1. The normalized spacial score (nSPS) is 18.3. The summed E-state index contributed by atoms with van der Waals surface area (Å²) in [6.07, 6.45) is 6.66. The van der Waals surface area contributed by atoms with Gasteiger partial charge < -0.3 is 15.1 Å². The first-order valence-corrected chi connectivity index (χ1v) is 9.13. The molecule has 148 valence electrons. The fraction of sp³-hybridized carbons (Fsp3) is 0.526. The van der Waals surface area contributed by atoms with Crippen molar-refractivity contribution >= 4 is 17.8 Å². The third-order valence-electron chi connectivity index (χ3n) is 4.95. The smallest absolute Gasteiger partial charge is 0.414 e. The largest absolute Gasteiger partial charge is 0.473 e. The summed E-state index contributed by atoms with van der Waals surface area (Å²) in [7, 11) is 0. The Bertz CT molecular complexity index is 656. The molecular weight excluding hydrogens is 355 g/mol. The van der Waals surface area contributed by atoms with Gasteiger partial charge in [0.05, 0.1) is 0 Å². The van der Waals surface area contributed by atoms with Crippen molar-refractivity contribution in [3.8, 4) is 0 Å². The van der Waals surface area contributed by atoms with E-state index in [0.29, 0.717) is 11.6 Å². The number of halogens is 1. The van der Waals surface area contributed by atoms with Crippen molar-refractivity contribution in [3.05, 3.63) is 35.6 Å². The van der Waals surface area contributed by atoms with E-state index < -0.39 is 11.9 Å². The van der Waals surface area contributed by atoms with Crippen molar-refractivity contribution in [1.29, 1.82) is 0 Å². The van der Waals surface area contributed by atoms with Crippen LogP contribution in [0.5, 0.6) is 0 Å². The summed E-state index contributed by atoms with van der Waals surface area (Å²) in [5.74, 6) is -4.04. The predicted molar refractivity (Wildman–Crippen MR) is 96.0 cm³/mol. The molecule has 1 aromatic rings. The summed E-state index contributed by atoms with van der Waals surface area (Å²) < 4.78 is 13.2. The molecular formula is C19H25FN2O5. The molecule has 3 rings (SSSR count). The summed E-state index contributed by atoms with van der Waals surface area (Å²) >= 11 is 0. The van der Waals surface area contributed by atoms with Gasteiger partial charge in [0, 0.05) is 37.8 Å². The van der Waals surface area contributed by atoms with Crippen LogP contribution in [0.15, 0.2) is 24.3 Å². The molecule has 0 radical (unpaired) electrons. The molecule has 2 N–H and O–H groups in total. The highest BCUT2D eigenvalue weighted by Gasteiger charge is 2.27. The topological polar surface area (TPSA) is 98.1 Å². The van der Waals surface area contributed by atoms with Crippen molar-refractivity contribution in [2.75, 3.05) is 26.2 Å². The zero-order chi connectivity index (χ0) is 19.8. The standard InChI is InChI=1S/C17H23FN2O.C2H2O4/c18-15-6-4-5-14(13-15)17(21)20-11-9-19(10-12-20)16-7-2-1-3-8-16;3-1(4)2(5)6/h4-6,13,16H,1-3,7-12H2;(H,3,4)(H,5,6). The Morgan fingerprint density at radius 2 is 1.52 bits per heavy atom. The third kappa shape index (κ3) is 6.32. The number of hydrogen-bond donors (Lipinski definition) is 2. The van der Waals surface area contributed by atoms with E-state index in [1.54, 1.807) is 12.1 Å². The number of carbonyl (C=O) groups excluding carboxylic acids is 1. The van der Waals surface area contributed by atoms with Crippen molar-refractivity contribution in [3.63, 3.8) is 0 Å². The number of aliphatic carboxylic acids is 2. The van der Waals surface area contributed by atoms with E-state index >= 15 is 0 Å². The van der Waals surface area contributed by atoms with E-state index in [4.69, 9.17) is 19.8 Å². The van der Waals surface area contributed by atoms with Crippen LogP contribution in [-0.4, -0.2) is 70.1 Å². The van der Waals surface area contributed by atoms with Crippen LogP contribution in [0.3, 0.4) is 0 Å². The van der Waals surface area contributed by atoms with Gasteiger partial charge in [0.25, 0.3) is 5.91 Å². The van der Waals surface area contributed by atoms with Gasteiger partial charge in [-0.25, -0.2) is 14.0 Å². The van der Waals surface area contributed by atoms with Crippen LogP contribution in [0, 0.1) is 5.82 Å². The second-order valence-corrected chi connectivity index (χ2v) is 6.74. The number of piperazine rings is 1. The van der Waals surface area contributed by atoms with Gasteiger partial charge in [-0.15, -0.1) is 0 Å². The lowest BCUT2D eigenvalue weighted by molar-refractivity contribution is -0.159. The molecule has 2 fully saturated rings. The molecule has 1 aromatic carbocycles. The lowest BCUT2D eigenvalue weighted by Gasteiger charge is -2.40. The number of carboxylic acid groups (broad SMARTS) is 2. The van der Waals surface area contributed by atoms with Crippen LogP contribution in [0.25, 0.3) is 0 Å². The minimum atomic E-state index is -1.82. The number of carbonyl (C=O) groups is 3. The first-order valence-electron chi connectivity index (χ1n) is 9.13. The minimum Gasteiger partial charge on any atom is -0.473 e. The fourth-order valence-electron chi connectivity index (χ4n) is 3.54. The van der Waals surface area contributed by atoms with Crippen molar-refractivity contribution < 1.29 is 29.0 Å². The van der Waals surface area contributed by atoms with Crippen molar-refractivity contribution in [1.82, 2.24) is 9.80 Å². The van der Waals surface area contributed by atoms with E-state index in [2.05, 4.69) is 4.90 Å².